The maximum Gasteiger partial charge on any atom is 0.193 e. The van der Waals surface area contributed by atoms with Gasteiger partial charge in [-0.1, -0.05) is 30.3 Å². The zero-order chi connectivity index (χ0) is 16.8. The highest BCUT2D eigenvalue weighted by Crippen LogP contribution is 2.27. The third-order valence-electron chi connectivity index (χ3n) is 5.64. The van der Waals surface area contributed by atoms with E-state index in [1.54, 1.807) is 0 Å². The molecule has 2 aliphatic rings. The van der Waals surface area contributed by atoms with Crippen molar-refractivity contribution in [2.24, 2.45) is 10.9 Å². The first-order valence-electron chi connectivity index (χ1n) is 9.45. The van der Waals surface area contributed by atoms with Gasteiger partial charge in [-0.05, 0) is 57.3 Å². The van der Waals surface area contributed by atoms with Crippen LogP contribution in [0.1, 0.15) is 37.2 Å². The van der Waals surface area contributed by atoms with Crippen LogP contribution in [0.5, 0.6) is 0 Å². The molecule has 2 heterocycles. The second kappa shape index (κ2) is 10.4. The van der Waals surface area contributed by atoms with Crippen LogP contribution in [0, 0.1) is 5.92 Å². The van der Waals surface area contributed by atoms with Gasteiger partial charge >= 0.3 is 0 Å². The molecule has 2 aliphatic heterocycles. The topological polar surface area (TPSA) is 30.9 Å². The molecule has 1 aromatic carbocycles. The Morgan fingerprint density at radius 2 is 1.84 bits per heavy atom. The minimum absolute atomic E-state index is 0. The molecule has 0 saturated carbocycles. The van der Waals surface area contributed by atoms with E-state index in [1.165, 1.54) is 44.3 Å². The molecule has 0 spiro atoms. The lowest BCUT2D eigenvalue weighted by molar-refractivity contribution is 0.212. The van der Waals surface area contributed by atoms with E-state index in [0.717, 1.165) is 31.5 Å². The minimum atomic E-state index is 0. The van der Waals surface area contributed by atoms with E-state index in [0.29, 0.717) is 5.92 Å². The van der Waals surface area contributed by atoms with Gasteiger partial charge in [0, 0.05) is 32.6 Å². The number of piperidine rings is 1. The van der Waals surface area contributed by atoms with Gasteiger partial charge in [-0.25, -0.2) is 0 Å². The van der Waals surface area contributed by atoms with E-state index in [-0.39, 0.29) is 24.0 Å². The lowest BCUT2D eigenvalue weighted by Gasteiger charge is -2.29. The lowest BCUT2D eigenvalue weighted by Crippen LogP contribution is -2.41. The summed E-state index contributed by atoms with van der Waals surface area (Å²) < 4.78 is 0. The molecule has 2 saturated heterocycles. The fourth-order valence-electron chi connectivity index (χ4n) is 4.02. The third-order valence-corrected chi connectivity index (χ3v) is 5.64. The number of guanidine groups is 1. The van der Waals surface area contributed by atoms with Crippen LogP contribution in [0.4, 0.5) is 0 Å². The summed E-state index contributed by atoms with van der Waals surface area (Å²) in [5.74, 6) is 2.60. The number of benzene rings is 1. The third kappa shape index (κ3) is 5.84. The number of hydrogen-bond donors (Lipinski definition) is 1. The number of rotatable bonds is 4. The Morgan fingerprint density at radius 3 is 2.52 bits per heavy atom. The van der Waals surface area contributed by atoms with Crippen LogP contribution in [0.25, 0.3) is 0 Å². The Hall–Kier alpha value is -0.820. The van der Waals surface area contributed by atoms with Gasteiger partial charge in [0.05, 0.1) is 0 Å². The summed E-state index contributed by atoms with van der Waals surface area (Å²) >= 11 is 0. The van der Waals surface area contributed by atoms with Crippen LogP contribution in [-0.2, 0) is 0 Å². The highest BCUT2D eigenvalue weighted by atomic mass is 127. The molecule has 5 heteroatoms. The number of aliphatic imine (C=N–C) groups is 1. The summed E-state index contributed by atoms with van der Waals surface area (Å²) in [4.78, 5) is 9.38. The molecule has 0 aromatic heterocycles. The average molecular weight is 456 g/mol. The van der Waals surface area contributed by atoms with Crippen LogP contribution < -0.4 is 5.32 Å². The monoisotopic (exact) mass is 456 g/mol. The van der Waals surface area contributed by atoms with Crippen molar-refractivity contribution in [3.63, 3.8) is 0 Å². The van der Waals surface area contributed by atoms with Crippen molar-refractivity contribution in [1.82, 2.24) is 15.1 Å². The molecule has 2 fully saturated rings. The standard InChI is InChI=1S/C20H32N4.HI/c1-21-20(22-12-8-17-9-13-23(2)14-10-17)24-15-11-19(16-24)18-6-4-3-5-7-18;/h3-7,17,19H,8-16H2,1-2H3,(H,21,22);1H. The highest BCUT2D eigenvalue weighted by Gasteiger charge is 2.26. The Labute approximate surface area is 170 Å². The summed E-state index contributed by atoms with van der Waals surface area (Å²) in [5, 5.41) is 3.60. The molecule has 140 valence electrons. The van der Waals surface area contributed by atoms with E-state index in [1.807, 2.05) is 7.05 Å². The second-order valence-corrected chi connectivity index (χ2v) is 7.35. The first-order chi connectivity index (χ1) is 11.8. The van der Waals surface area contributed by atoms with Gasteiger partial charge in [0.25, 0.3) is 0 Å². The maximum atomic E-state index is 4.52. The van der Waals surface area contributed by atoms with E-state index < -0.39 is 0 Å². The van der Waals surface area contributed by atoms with Gasteiger partial charge < -0.3 is 15.1 Å². The molecule has 0 amide bonds. The molecule has 0 radical (unpaired) electrons. The molecular weight excluding hydrogens is 423 g/mol. The van der Waals surface area contributed by atoms with Crippen LogP contribution >= 0.6 is 24.0 Å². The van der Waals surface area contributed by atoms with E-state index >= 15 is 0 Å². The molecule has 1 unspecified atom stereocenters. The Bertz CT molecular complexity index is 526. The summed E-state index contributed by atoms with van der Waals surface area (Å²) in [7, 11) is 4.14. The minimum Gasteiger partial charge on any atom is -0.356 e. The molecular formula is C20H33IN4. The fraction of sp³-hybridized carbons (Fsp3) is 0.650. The zero-order valence-corrected chi connectivity index (χ0v) is 18.0. The lowest BCUT2D eigenvalue weighted by atomic mass is 9.94. The van der Waals surface area contributed by atoms with Gasteiger partial charge in [0.15, 0.2) is 5.96 Å². The Balaban J connectivity index is 0.00000225. The van der Waals surface area contributed by atoms with Crippen molar-refractivity contribution >= 4 is 29.9 Å². The summed E-state index contributed by atoms with van der Waals surface area (Å²) in [6, 6.07) is 10.9. The van der Waals surface area contributed by atoms with Crippen LogP contribution in [0.15, 0.2) is 35.3 Å². The number of halogens is 1. The smallest absolute Gasteiger partial charge is 0.193 e. The number of nitrogens with zero attached hydrogens (tertiary/aromatic N) is 3. The summed E-state index contributed by atoms with van der Waals surface area (Å²) in [5.41, 5.74) is 1.46. The molecule has 3 rings (SSSR count). The van der Waals surface area contributed by atoms with Crippen molar-refractivity contribution in [3.05, 3.63) is 35.9 Å². The van der Waals surface area contributed by atoms with E-state index in [9.17, 15) is 0 Å². The maximum absolute atomic E-state index is 4.52. The fourth-order valence-corrected chi connectivity index (χ4v) is 4.02. The Morgan fingerprint density at radius 1 is 1.12 bits per heavy atom. The van der Waals surface area contributed by atoms with Gasteiger partial charge in [0.2, 0.25) is 0 Å². The Kier molecular flexibility index (Phi) is 8.49. The highest BCUT2D eigenvalue weighted by molar-refractivity contribution is 14.0. The molecule has 1 aromatic rings. The van der Waals surface area contributed by atoms with Crippen molar-refractivity contribution in [2.75, 3.05) is 46.8 Å². The van der Waals surface area contributed by atoms with Crippen molar-refractivity contribution in [3.8, 4) is 0 Å². The largest absolute Gasteiger partial charge is 0.356 e. The molecule has 1 N–H and O–H groups in total. The van der Waals surface area contributed by atoms with Crippen molar-refractivity contribution in [2.45, 2.75) is 31.6 Å². The van der Waals surface area contributed by atoms with Gasteiger partial charge in [0.1, 0.15) is 0 Å². The molecule has 0 bridgehead atoms. The van der Waals surface area contributed by atoms with Gasteiger partial charge in [-0.15, -0.1) is 24.0 Å². The number of likely N-dealkylation sites (tertiary alicyclic amines) is 2. The predicted molar refractivity (Wildman–Crippen MR) is 117 cm³/mol. The van der Waals surface area contributed by atoms with Crippen molar-refractivity contribution in [1.29, 1.82) is 0 Å². The first-order valence-corrected chi connectivity index (χ1v) is 9.45. The van der Waals surface area contributed by atoms with Crippen LogP contribution in [-0.4, -0.2) is 62.6 Å². The van der Waals surface area contributed by atoms with Crippen molar-refractivity contribution < 1.29 is 0 Å². The van der Waals surface area contributed by atoms with E-state index in [4.69, 9.17) is 0 Å². The quantitative estimate of drug-likeness (QED) is 0.428. The zero-order valence-electron chi connectivity index (χ0n) is 15.7. The van der Waals surface area contributed by atoms with Crippen LogP contribution in [0.2, 0.25) is 0 Å². The average Bonchev–Trinajstić information content (AvgIpc) is 3.11. The summed E-state index contributed by atoms with van der Waals surface area (Å²) in [6.45, 7) is 5.74. The SMILES string of the molecule is CN=C(NCCC1CCN(C)CC1)N1CCC(c2ccccc2)C1.I. The number of hydrogen-bond acceptors (Lipinski definition) is 2. The molecule has 25 heavy (non-hydrogen) atoms. The second-order valence-electron chi connectivity index (χ2n) is 7.35. The predicted octanol–water partition coefficient (Wildman–Crippen LogP) is 3.40. The van der Waals surface area contributed by atoms with Gasteiger partial charge in [-0.2, -0.15) is 0 Å². The molecule has 1 atom stereocenters. The number of nitrogens with one attached hydrogen (secondary N) is 1. The van der Waals surface area contributed by atoms with E-state index in [2.05, 4.69) is 57.5 Å². The molecule has 0 aliphatic carbocycles. The normalized spacial score (nSPS) is 22.7. The molecule has 4 nitrogen and oxygen atoms in total. The first kappa shape index (κ1) is 20.5. The summed E-state index contributed by atoms with van der Waals surface area (Å²) in [6.07, 6.45) is 5.18. The van der Waals surface area contributed by atoms with Gasteiger partial charge in [-0.3, -0.25) is 4.99 Å². The van der Waals surface area contributed by atoms with Crippen LogP contribution in [0.3, 0.4) is 0 Å².